The third-order valence-electron chi connectivity index (χ3n) is 6.23. The van der Waals surface area contributed by atoms with Crippen molar-refractivity contribution < 1.29 is 26.7 Å². The third-order valence-corrected chi connectivity index (χ3v) is 7.60. The summed E-state index contributed by atoms with van der Waals surface area (Å²) in [4.78, 5) is 14.2. The van der Waals surface area contributed by atoms with Crippen LogP contribution in [0.15, 0.2) is 90.1 Å². The molecule has 0 saturated heterocycles. The molecule has 0 aliphatic heterocycles. The van der Waals surface area contributed by atoms with Gasteiger partial charge < -0.3 is 9.64 Å². The number of sulfonamides is 1. The number of halogens is 2. The number of anilines is 1. The van der Waals surface area contributed by atoms with Crippen molar-refractivity contribution in [1.29, 1.82) is 0 Å². The Morgan fingerprint density at radius 2 is 1.82 bits per heavy atom. The van der Waals surface area contributed by atoms with Crippen molar-refractivity contribution in [2.24, 2.45) is 0 Å². The Bertz CT molecular complexity index is 1530. The van der Waals surface area contributed by atoms with Crippen molar-refractivity contribution in [1.82, 2.24) is 14.5 Å². The van der Waals surface area contributed by atoms with Crippen LogP contribution in [0.2, 0.25) is 0 Å². The molecule has 4 aromatic rings. The molecule has 0 unspecified atom stereocenters. The Morgan fingerprint density at radius 1 is 1.02 bits per heavy atom. The van der Waals surface area contributed by atoms with Crippen molar-refractivity contribution in [3.63, 3.8) is 0 Å². The second-order valence-electron chi connectivity index (χ2n) is 9.01. The molecule has 1 heterocycles. The molecular formula is C29H30F2N4O4S. The first kappa shape index (κ1) is 28.8. The molecule has 1 N–H and O–H groups in total. The number of benzene rings is 3. The highest BCUT2D eigenvalue weighted by Gasteiger charge is 2.20. The van der Waals surface area contributed by atoms with Gasteiger partial charge in [-0.15, -0.1) is 0 Å². The zero-order valence-electron chi connectivity index (χ0n) is 22.0. The topological polar surface area (TPSA) is 93.5 Å². The first-order valence-electron chi connectivity index (χ1n) is 12.8. The second-order valence-corrected chi connectivity index (χ2v) is 10.7. The number of likely N-dealkylation sites (N-methyl/N-ethyl adjacent to an activating group) is 1. The van der Waals surface area contributed by atoms with Gasteiger partial charge in [-0.2, -0.15) is 5.10 Å². The number of nitrogens with one attached hydrogen (secondary N) is 1. The molecule has 1 amide bonds. The van der Waals surface area contributed by atoms with Gasteiger partial charge in [0, 0.05) is 31.0 Å². The standard InChI is InChI=1S/C29H30F2N4O4S/c1-2-34(24-7-4-3-5-8-24)17-18-39-28-19-22(21-35-16-6-15-32-35)9-10-23(28)11-14-29(36)33-40(37,38)25-12-13-26(30)27(31)20-25/h3-10,12-13,15-16,19-20H,2,11,14,17-18,21H2,1H3,(H,33,36). The number of carbonyl (C=O) groups excluding carboxylic acids is 1. The summed E-state index contributed by atoms with van der Waals surface area (Å²) in [7, 11) is -4.35. The number of carbonyl (C=O) groups is 1. The van der Waals surface area contributed by atoms with Gasteiger partial charge in [0.1, 0.15) is 12.4 Å². The third kappa shape index (κ3) is 7.66. The van der Waals surface area contributed by atoms with E-state index in [4.69, 9.17) is 4.74 Å². The highest BCUT2D eigenvalue weighted by atomic mass is 32.2. The molecule has 0 aliphatic rings. The fraction of sp³-hybridized carbons (Fsp3) is 0.241. The minimum absolute atomic E-state index is 0.164. The van der Waals surface area contributed by atoms with E-state index in [1.807, 2.05) is 65.5 Å². The van der Waals surface area contributed by atoms with E-state index in [0.29, 0.717) is 37.6 Å². The monoisotopic (exact) mass is 568 g/mol. The van der Waals surface area contributed by atoms with Crippen LogP contribution in [0.25, 0.3) is 0 Å². The van der Waals surface area contributed by atoms with Crippen molar-refractivity contribution in [3.8, 4) is 5.75 Å². The van der Waals surface area contributed by atoms with Crippen molar-refractivity contribution in [2.75, 3.05) is 24.6 Å². The molecule has 0 fully saturated rings. The average molecular weight is 569 g/mol. The van der Waals surface area contributed by atoms with Gasteiger partial charge in [0.2, 0.25) is 5.91 Å². The lowest BCUT2D eigenvalue weighted by atomic mass is 10.1. The number of aryl methyl sites for hydroxylation is 1. The number of para-hydroxylation sites is 1. The van der Waals surface area contributed by atoms with Crippen LogP contribution in [0.5, 0.6) is 5.75 Å². The summed E-state index contributed by atoms with van der Waals surface area (Å²) in [6, 6.07) is 19.6. The highest BCUT2D eigenvalue weighted by Crippen LogP contribution is 2.24. The van der Waals surface area contributed by atoms with E-state index in [1.54, 1.807) is 10.9 Å². The molecular weight excluding hydrogens is 538 g/mol. The van der Waals surface area contributed by atoms with Crippen LogP contribution in [0.4, 0.5) is 14.5 Å². The van der Waals surface area contributed by atoms with Crippen molar-refractivity contribution >= 4 is 21.6 Å². The number of ether oxygens (including phenoxy) is 1. The predicted molar refractivity (Wildman–Crippen MR) is 148 cm³/mol. The van der Waals surface area contributed by atoms with Crippen molar-refractivity contribution in [3.05, 3.63) is 108 Å². The fourth-order valence-corrected chi connectivity index (χ4v) is 5.17. The molecule has 8 nitrogen and oxygen atoms in total. The number of rotatable bonds is 13. The van der Waals surface area contributed by atoms with Crippen LogP contribution >= 0.6 is 0 Å². The summed E-state index contributed by atoms with van der Waals surface area (Å²) in [6.07, 6.45) is 3.59. The molecule has 0 spiro atoms. The van der Waals surface area contributed by atoms with E-state index < -0.39 is 32.5 Å². The summed E-state index contributed by atoms with van der Waals surface area (Å²) in [5.41, 5.74) is 2.76. The smallest absolute Gasteiger partial charge is 0.264 e. The molecule has 0 radical (unpaired) electrons. The molecule has 0 aliphatic carbocycles. The van der Waals surface area contributed by atoms with Gasteiger partial charge in [0.25, 0.3) is 10.0 Å². The van der Waals surface area contributed by atoms with Gasteiger partial charge in [-0.3, -0.25) is 9.48 Å². The van der Waals surface area contributed by atoms with Crippen molar-refractivity contribution in [2.45, 2.75) is 31.2 Å². The minimum Gasteiger partial charge on any atom is -0.491 e. The molecule has 0 saturated carbocycles. The van der Waals surface area contributed by atoms with Gasteiger partial charge >= 0.3 is 0 Å². The highest BCUT2D eigenvalue weighted by molar-refractivity contribution is 7.90. The van der Waals surface area contributed by atoms with Gasteiger partial charge in [-0.1, -0.05) is 30.3 Å². The van der Waals surface area contributed by atoms with E-state index in [-0.39, 0.29) is 12.8 Å². The molecule has 40 heavy (non-hydrogen) atoms. The zero-order valence-corrected chi connectivity index (χ0v) is 22.8. The Kier molecular flexibility index (Phi) is 9.49. The van der Waals surface area contributed by atoms with Crippen LogP contribution in [-0.4, -0.2) is 43.8 Å². The maximum Gasteiger partial charge on any atom is 0.264 e. The van der Waals surface area contributed by atoms with Gasteiger partial charge in [0.15, 0.2) is 11.6 Å². The summed E-state index contributed by atoms with van der Waals surface area (Å²) < 4.78 is 61.5. The summed E-state index contributed by atoms with van der Waals surface area (Å²) >= 11 is 0. The SMILES string of the molecule is CCN(CCOc1cc(Cn2cccn2)ccc1CCC(=O)NS(=O)(=O)c1ccc(F)c(F)c1)c1ccccc1. The Labute approximate surface area is 232 Å². The number of hydrogen-bond acceptors (Lipinski definition) is 6. The van der Waals surface area contributed by atoms with Crippen LogP contribution in [-0.2, 0) is 27.8 Å². The normalized spacial score (nSPS) is 11.3. The molecule has 1 aromatic heterocycles. The van der Waals surface area contributed by atoms with Gasteiger partial charge in [-0.05, 0) is 66.9 Å². The maximum absolute atomic E-state index is 13.5. The Balaban J connectivity index is 1.44. The maximum atomic E-state index is 13.5. The van der Waals surface area contributed by atoms with E-state index in [0.717, 1.165) is 29.4 Å². The first-order chi connectivity index (χ1) is 19.2. The molecule has 4 rings (SSSR count). The number of amides is 1. The largest absolute Gasteiger partial charge is 0.491 e. The predicted octanol–water partition coefficient (Wildman–Crippen LogP) is 4.55. The van der Waals surface area contributed by atoms with Crippen LogP contribution in [0.1, 0.15) is 24.5 Å². The molecule has 3 aromatic carbocycles. The quantitative estimate of drug-likeness (QED) is 0.254. The van der Waals surface area contributed by atoms with Crippen LogP contribution in [0.3, 0.4) is 0 Å². The molecule has 0 atom stereocenters. The number of aromatic nitrogens is 2. The summed E-state index contributed by atoms with van der Waals surface area (Å²) in [5, 5.41) is 4.24. The second kappa shape index (κ2) is 13.2. The van der Waals surface area contributed by atoms with Crippen LogP contribution in [0, 0.1) is 11.6 Å². The van der Waals surface area contributed by atoms with E-state index in [2.05, 4.69) is 16.9 Å². The summed E-state index contributed by atoms with van der Waals surface area (Å²) in [6.45, 7) is 4.41. The lowest BCUT2D eigenvalue weighted by molar-refractivity contribution is -0.119. The zero-order chi connectivity index (χ0) is 28.5. The lowest BCUT2D eigenvalue weighted by Crippen LogP contribution is -2.31. The van der Waals surface area contributed by atoms with Gasteiger partial charge in [-0.25, -0.2) is 21.9 Å². The van der Waals surface area contributed by atoms with E-state index in [9.17, 15) is 22.0 Å². The summed E-state index contributed by atoms with van der Waals surface area (Å²) in [5.74, 6) is -2.69. The molecule has 210 valence electrons. The Morgan fingerprint density at radius 3 is 2.52 bits per heavy atom. The number of hydrogen-bond donors (Lipinski definition) is 1. The lowest BCUT2D eigenvalue weighted by Gasteiger charge is -2.23. The first-order valence-corrected chi connectivity index (χ1v) is 14.3. The molecule has 0 bridgehead atoms. The van der Waals surface area contributed by atoms with Gasteiger partial charge in [0.05, 0.1) is 18.0 Å². The minimum atomic E-state index is -4.35. The number of nitrogens with zero attached hydrogens (tertiary/aromatic N) is 3. The van der Waals surface area contributed by atoms with E-state index >= 15 is 0 Å². The van der Waals surface area contributed by atoms with E-state index in [1.165, 1.54) is 0 Å². The molecule has 11 heteroatoms. The fourth-order valence-electron chi connectivity index (χ4n) is 4.15. The Hall–Kier alpha value is -4.25. The average Bonchev–Trinajstić information content (AvgIpc) is 3.45. The van der Waals surface area contributed by atoms with Crippen LogP contribution < -0.4 is 14.4 Å².